The third-order valence-electron chi connectivity index (χ3n) is 4.69. The topological polar surface area (TPSA) is 47.0 Å². The number of rotatable bonds is 6. The number of anilines is 1. The summed E-state index contributed by atoms with van der Waals surface area (Å²) in [5, 5.41) is 0.595. The molecule has 0 saturated heterocycles. The number of hydrogen-bond acceptors (Lipinski definition) is 4. The number of aryl methyl sites for hydroxylation is 1. The molecule has 0 aliphatic heterocycles. The largest absolute Gasteiger partial charge is 0.392 e. The fourth-order valence-electron chi connectivity index (χ4n) is 3.12. The SMILES string of the molecule is Cc1ccc[n+](-c2c(SCc3ccc(Br)cc3)sc(C(=O)c3ccc(Cl)cc3)c2N)c1. The maximum Gasteiger partial charge on any atom is 0.259 e. The minimum atomic E-state index is -0.0934. The molecule has 31 heavy (non-hydrogen) atoms. The van der Waals surface area contributed by atoms with Gasteiger partial charge in [0.05, 0.1) is 0 Å². The van der Waals surface area contributed by atoms with Crippen LogP contribution in [-0.2, 0) is 5.75 Å². The Bertz CT molecular complexity index is 1240. The van der Waals surface area contributed by atoms with Gasteiger partial charge in [0.15, 0.2) is 12.4 Å². The molecular weight excluding hydrogens is 512 g/mol. The molecule has 0 radical (unpaired) electrons. The highest BCUT2D eigenvalue weighted by Gasteiger charge is 2.28. The number of nitrogens with zero attached hydrogens (tertiary/aromatic N) is 1. The monoisotopic (exact) mass is 529 g/mol. The molecule has 2 aromatic heterocycles. The van der Waals surface area contributed by atoms with Crippen LogP contribution in [-0.4, -0.2) is 5.78 Å². The number of nitrogens with two attached hydrogens (primary N) is 1. The van der Waals surface area contributed by atoms with Crippen LogP contribution in [0, 0.1) is 6.92 Å². The zero-order valence-corrected chi connectivity index (χ0v) is 20.6. The van der Waals surface area contributed by atoms with Crippen molar-refractivity contribution in [1.82, 2.24) is 0 Å². The maximum absolute atomic E-state index is 13.2. The van der Waals surface area contributed by atoms with Crippen molar-refractivity contribution in [3.8, 4) is 5.69 Å². The number of thiophene rings is 1. The molecule has 3 nitrogen and oxygen atoms in total. The van der Waals surface area contributed by atoms with Gasteiger partial charge < -0.3 is 5.73 Å². The van der Waals surface area contributed by atoms with Crippen LogP contribution in [0.1, 0.15) is 26.4 Å². The van der Waals surface area contributed by atoms with Crippen molar-refractivity contribution < 1.29 is 9.36 Å². The number of carbonyl (C=O) groups is 1. The third kappa shape index (κ3) is 5.04. The summed E-state index contributed by atoms with van der Waals surface area (Å²) >= 11 is 12.6. The number of hydrogen-bond donors (Lipinski definition) is 1. The minimum Gasteiger partial charge on any atom is -0.392 e. The van der Waals surface area contributed by atoms with Gasteiger partial charge in [-0.25, -0.2) is 0 Å². The molecule has 0 unspecified atom stereocenters. The van der Waals surface area contributed by atoms with Crippen molar-refractivity contribution in [2.24, 2.45) is 0 Å². The highest BCUT2D eigenvalue weighted by molar-refractivity contribution is 9.10. The number of thioether (sulfide) groups is 1. The maximum atomic E-state index is 13.2. The fraction of sp³-hybridized carbons (Fsp3) is 0.0833. The summed E-state index contributed by atoms with van der Waals surface area (Å²) in [7, 11) is 0. The van der Waals surface area contributed by atoms with E-state index < -0.39 is 0 Å². The zero-order chi connectivity index (χ0) is 22.0. The van der Waals surface area contributed by atoms with Crippen molar-refractivity contribution in [2.75, 3.05) is 5.73 Å². The standard InChI is InChI=1S/C24H18BrClN2OS2/c1-15-3-2-12-28(13-15)21-20(27)23(22(29)17-6-10-19(26)11-7-17)31-24(21)30-14-16-4-8-18(25)9-5-16/h2-13H,14H2,1H3,(H-,27,29)/p+1. The Morgan fingerprint density at radius 1 is 1.13 bits per heavy atom. The first kappa shape index (κ1) is 22.1. The molecule has 4 aromatic rings. The van der Waals surface area contributed by atoms with Crippen LogP contribution < -0.4 is 10.3 Å². The summed E-state index contributed by atoms with van der Waals surface area (Å²) < 4.78 is 4.06. The van der Waals surface area contributed by atoms with Crippen molar-refractivity contribution in [2.45, 2.75) is 16.9 Å². The van der Waals surface area contributed by atoms with Gasteiger partial charge in [0.1, 0.15) is 14.8 Å². The van der Waals surface area contributed by atoms with Crippen LogP contribution in [0.5, 0.6) is 0 Å². The molecule has 0 spiro atoms. The number of nitrogen functional groups attached to an aromatic ring is 1. The first-order valence-electron chi connectivity index (χ1n) is 9.50. The van der Waals surface area contributed by atoms with Crippen molar-refractivity contribution in [3.63, 3.8) is 0 Å². The summed E-state index contributed by atoms with van der Waals surface area (Å²) in [5.41, 5.74) is 10.8. The van der Waals surface area contributed by atoms with E-state index in [4.69, 9.17) is 17.3 Å². The quantitative estimate of drug-likeness (QED) is 0.168. The summed E-state index contributed by atoms with van der Waals surface area (Å²) in [6.07, 6.45) is 3.99. The molecule has 2 heterocycles. The molecule has 7 heteroatoms. The second-order valence-electron chi connectivity index (χ2n) is 7.02. The number of aromatic nitrogens is 1. The van der Waals surface area contributed by atoms with Gasteiger partial charge >= 0.3 is 0 Å². The smallest absolute Gasteiger partial charge is 0.259 e. The third-order valence-corrected chi connectivity index (χ3v) is 8.00. The number of pyridine rings is 1. The Morgan fingerprint density at radius 3 is 2.52 bits per heavy atom. The Balaban J connectivity index is 1.74. The van der Waals surface area contributed by atoms with E-state index in [0.29, 0.717) is 21.2 Å². The minimum absolute atomic E-state index is 0.0934. The Labute approximate surface area is 203 Å². The Morgan fingerprint density at radius 2 is 1.84 bits per heavy atom. The Kier molecular flexibility index (Phi) is 6.82. The van der Waals surface area contributed by atoms with Gasteiger partial charge in [0.25, 0.3) is 5.69 Å². The first-order valence-corrected chi connectivity index (χ1v) is 12.5. The van der Waals surface area contributed by atoms with Gasteiger partial charge in [-0.1, -0.05) is 39.7 Å². The lowest BCUT2D eigenvalue weighted by Gasteiger charge is -2.02. The lowest BCUT2D eigenvalue weighted by atomic mass is 10.1. The van der Waals surface area contributed by atoms with E-state index in [1.165, 1.54) is 16.9 Å². The second kappa shape index (κ2) is 9.57. The van der Waals surface area contributed by atoms with E-state index in [2.05, 4.69) is 28.1 Å². The van der Waals surface area contributed by atoms with Crippen molar-refractivity contribution in [3.05, 3.63) is 104 Å². The van der Waals surface area contributed by atoms with Gasteiger partial charge in [-0.2, -0.15) is 4.57 Å². The average Bonchev–Trinajstić information content (AvgIpc) is 3.09. The van der Waals surface area contributed by atoms with Gasteiger partial charge in [-0.15, -0.1) is 23.1 Å². The number of carbonyl (C=O) groups excluding carboxylic acids is 1. The van der Waals surface area contributed by atoms with E-state index in [1.54, 1.807) is 36.0 Å². The fourth-order valence-corrected chi connectivity index (χ4v) is 5.93. The summed E-state index contributed by atoms with van der Waals surface area (Å²) in [6, 6.07) is 19.2. The van der Waals surface area contributed by atoms with Crippen LogP contribution in [0.25, 0.3) is 5.69 Å². The summed E-state index contributed by atoms with van der Waals surface area (Å²) in [4.78, 5) is 13.8. The predicted octanol–water partition coefficient (Wildman–Crippen LogP) is 6.85. The molecule has 0 aliphatic rings. The lowest BCUT2D eigenvalue weighted by molar-refractivity contribution is -0.597. The normalized spacial score (nSPS) is 10.9. The van der Waals surface area contributed by atoms with E-state index in [0.717, 1.165) is 25.7 Å². The number of benzene rings is 2. The molecule has 0 bridgehead atoms. The van der Waals surface area contributed by atoms with Crippen molar-refractivity contribution >= 4 is 62.1 Å². The van der Waals surface area contributed by atoms with Crippen LogP contribution in [0.15, 0.2) is 81.7 Å². The van der Waals surface area contributed by atoms with Crippen LogP contribution in [0.3, 0.4) is 0 Å². The molecule has 0 fully saturated rings. The number of halogens is 2. The van der Waals surface area contributed by atoms with Gasteiger partial charge in [0, 0.05) is 32.4 Å². The molecule has 0 atom stereocenters. The summed E-state index contributed by atoms with van der Waals surface area (Å²) in [6.45, 7) is 2.04. The van der Waals surface area contributed by atoms with Gasteiger partial charge in [-0.05, 0) is 55.0 Å². The molecule has 2 N–H and O–H groups in total. The lowest BCUT2D eigenvalue weighted by Crippen LogP contribution is -2.31. The van der Waals surface area contributed by atoms with Gasteiger partial charge in [-0.3, -0.25) is 4.79 Å². The first-order chi connectivity index (χ1) is 14.9. The molecule has 4 rings (SSSR count). The van der Waals surface area contributed by atoms with E-state index in [1.807, 2.05) is 48.1 Å². The van der Waals surface area contributed by atoms with Crippen LogP contribution in [0.2, 0.25) is 5.02 Å². The second-order valence-corrected chi connectivity index (χ2v) is 10.6. The summed E-state index contributed by atoms with van der Waals surface area (Å²) in [5.74, 6) is 0.686. The van der Waals surface area contributed by atoms with Crippen LogP contribution in [0.4, 0.5) is 5.69 Å². The van der Waals surface area contributed by atoms with E-state index in [9.17, 15) is 4.79 Å². The molecular formula is C24H19BrClN2OS2+. The molecule has 0 amide bonds. The van der Waals surface area contributed by atoms with Gasteiger partial charge in [0.2, 0.25) is 5.78 Å². The zero-order valence-electron chi connectivity index (χ0n) is 16.6. The molecule has 0 saturated carbocycles. The molecule has 0 aliphatic carbocycles. The molecule has 156 valence electrons. The highest BCUT2D eigenvalue weighted by Crippen LogP contribution is 2.41. The highest BCUT2D eigenvalue weighted by atomic mass is 79.9. The average molecular weight is 531 g/mol. The van der Waals surface area contributed by atoms with E-state index in [-0.39, 0.29) is 5.78 Å². The predicted molar refractivity (Wildman–Crippen MR) is 134 cm³/mol. The van der Waals surface area contributed by atoms with E-state index >= 15 is 0 Å². The van der Waals surface area contributed by atoms with Crippen LogP contribution >= 0.6 is 50.6 Å². The molecule has 2 aromatic carbocycles. The van der Waals surface area contributed by atoms with Crippen molar-refractivity contribution in [1.29, 1.82) is 0 Å². The number of ketones is 1. The Hall–Kier alpha value is -2.12.